The van der Waals surface area contributed by atoms with Gasteiger partial charge in [-0.3, -0.25) is 4.79 Å². The number of aliphatic hydroxyl groups is 1. The first-order valence-electron chi connectivity index (χ1n) is 12.3. The highest BCUT2D eigenvalue weighted by Crippen LogP contribution is 2.42. The first-order valence-corrected chi connectivity index (χ1v) is 12.6. The summed E-state index contributed by atoms with van der Waals surface area (Å²) >= 11 is 6.47. The Bertz CT molecular complexity index is 1390. The molecule has 1 saturated heterocycles. The van der Waals surface area contributed by atoms with E-state index in [-0.39, 0.29) is 11.8 Å². The van der Waals surface area contributed by atoms with Crippen LogP contribution in [0.1, 0.15) is 37.0 Å². The molecule has 214 valence electrons. The number of alkyl halides is 6. The van der Waals surface area contributed by atoms with Crippen molar-refractivity contribution >= 4 is 29.0 Å². The van der Waals surface area contributed by atoms with Crippen LogP contribution >= 0.6 is 11.6 Å². The van der Waals surface area contributed by atoms with Gasteiger partial charge in [-0.25, -0.2) is 4.98 Å². The fraction of sp³-hybridized carbons (Fsp3) is 0.357. The summed E-state index contributed by atoms with van der Waals surface area (Å²) in [7, 11) is 1.37. The second-order valence-electron chi connectivity index (χ2n) is 10.2. The molecule has 0 bridgehead atoms. The van der Waals surface area contributed by atoms with E-state index >= 15 is 0 Å². The second-order valence-corrected chi connectivity index (χ2v) is 10.6. The van der Waals surface area contributed by atoms with Gasteiger partial charge in [0.1, 0.15) is 5.82 Å². The first-order chi connectivity index (χ1) is 18.5. The number of halogens is 7. The highest BCUT2D eigenvalue weighted by molar-refractivity contribution is 6.33. The van der Waals surface area contributed by atoms with Crippen LogP contribution in [0.3, 0.4) is 0 Å². The maximum Gasteiger partial charge on any atom is 0.416 e. The molecule has 40 heavy (non-hydrogen) atoms. The molecule has 1 N–H and O–H groups in total. The number of anilines is 2. The molecule has 12 heteroatoms. The largest absolute Gasteiger partial charge is 0.416 e. The van der Waals surface area contributed by atoms with Crippen molar-refractivity contribution in [3.8, 4) is 11.1 Å². The molecule has 0 radical (unpaired) electrons. The smallest absolute Gasteiger partial charge is 0.391 e. The van der Waals surface area contributed by atoms with Crippen molar-refractivity contribution in [2.45, 2.75) is 44.1 Å². The summed E-state index contributed by atoms with van der Waals surface area (Å²) in [6, 6.07) is 9.67. The van der Waals surface area contributed by atoms with E-state index in [1.54, 1.807) is 30.3 Å². The van der Waals surface area contributed by atoms with E-state index in [4.69, 9.17) is 11.6 Å². The molecule has 2 aromatic carbocycles. The van der Waals surface area contributed by atoms with Crippen molar-refractivity contribution in [3.63, 3.8) is 0 Å². The number of likely N-dealkylation sites (N-methyl/N-ethyl adjacent to an activating group) is 1. The number of benzene rings is 2. The van der Waals surface area contributed by atoms with E-state index in [0.717, 1.165) is 4.90 Å². The predicted molar refractivity (Wildman–Crippen MR) is 140 cm³/mol. The Balaban J connectivity index is 1.81. The SMILES string of the molecule is CN(C(=O)C(C)(C)c1cc(C(F)(F)F)cc(C(F)(F)F)c1)c1cnc(N2CCC(O)C2)cc1-c1ccccc1Cl. The number of amides is 1. The van der Waals surface area contributed by atoms with Crippen LogP contribution in [0.5, 0.6) is 0 Å². The maximum atomic E-state index is 13.8. The summed E-state index contributed by atoms with van der Waals surface area (Å²) in [5.41, 5.74) is -3.99. The maximum absolute atomic E-state index is 13.8. The molecule has 0 saturated carbocycles. The number of carbonyl (C=O) groups is 1. The summed E-state index contributed by atoms with van der Waals surface area (Å²) in [5.74, 6) is -0.248. The van der Waals surface area contributed by atoms with E-state index in [1.807, 2.05) is 4.90 Å². The molecule has 3 aromatic rings. The number of rotatable bonds is 5. The van der Waals surface area contributed by atoms with Gasteiger partial charge in [-0.15, -0.1) is 0 Å². The number of β-amino-alcohol motifs (C(OH)–C–C–N with tert-alkyl or cyclic N) is 1. The third-order valence-electron chi connectivity index (χ3n) is 7.03. The van der Waals surface area contributed by atoms with Crippen LogP contribution in [-0.4, -0.2) is 42.2 Å². The quantitative estimate of drug-likeness (QED) is 0.329. The molecule has 1 fully saturated rings. The van der Waals surface area contributed by atoms with Crippen LogP contribution in [0.2, 0.25) is 5.02 Å². The zero-order chi connectivity index (χ0) is 29.6. The number of pyridine rings is 1. The van der Waals surface area contributed by atoms with Gasteiger partial charge in [0.05, 0.1) is 34.5 Å². The van der Waals surface area contributed by atoms with Gasteiger partial charge in [0.2, 0.25) is 5.91 Å². The Morgan fingerprint density at radius 1 is 0.975 bits per heavy atom. The van der Waals surface area contributed by atoms with Crippen molar-refractivity contribution in [1.82, 2.24) is 4.98 Å². The molecule has 1 amide bonds. The number of hydrogen-bond donors (Lipinski definition) is 1. The topological polar surface area (TPSA) is 56.7 Å². The Morgan fingerprint density at radius 2 is 1.55 bits per heavy atom. The summed E-state index contributed by atoms with van der Waals surface area (Å²) in [5, 5.41) is 10.3. The van der Waals surface area contributed by atoms with Crippen molar-refractivity contribution in [3.05, 3.63) is 76.4 Å². The summed E-state index contributed by atoms with van der Waals surface area (Å²) < 4.78 is 81.1. The molecule has 1 unspecified atom stereocenters. The number of hydrogen-bond acceptors (Lipinski definition) is 4. The van der Waals surface area contributed by atoms with Gasteiger partial charge in [0, 0.05) is 36.3 Å². The van der Waals surface area contributed by atoms with Crippen LogP contribution < -0.4 is 9.80 Å². The second kappa shape index (κ2) is 10.6. The fourth-order valence-electron chi connectivity index (χ4n) is 4.69. The monoisotopic (exact) mass is 585 g/mol. The van der Waals surface area contributed by atoms with Crippen molar-refractivity contribution in [1.29, 1.82) is 0 Å². The minimum atomic E-state index is -5.05. The van der Waals surface area contributed by atoms with E-state index < -0.39 is 46.5 Å². The average molecular weight is 586 g/mol. The Morgan fingerprint density at radius 3 is 2.08 bits per heavy atom. The lowest BCUT2D eigenvalue weighted by atomic mass is 9.81. The molecule has 0 spiro atoms. The minimum absolute atomic E-state index is 0.0290. The van der Waals surface area contributed by atoms with Gasteiger partial charge < -0.3 is 14.9 Å². The number of nitrogens with zero attached hydrogens (tertiary/aromatic N) is 3. The van der Waals surface area contributed by atoms with Gasteiger partial charge in [-0.2, -0.15) is 26.3 Å². The normalized spacial score (nSPS) is 16.4. The lowest BCUT2D eigenvalue weighted by molar-refractivity contribution is -0.143. The van der Waals surface area contributed by atoms with Crippen LogP contribution in [0, 0.1) is 0 Å². The van der Waals surface area contributed by atoms with E-state index in [0.29, 0.717) is 53.6 Å². The van der Waals surface area contributed by atoms with Crippen molar-refractivity contribution in [2.24, 2.45) is 0 Å². The molecule has 0 aliphatic carbocycles. The zero-order valence-electron chi connectivity index (χ0n) is 21.7. The molecule has 1 aromatic heterocycles. The standard InChI is InChI=1S/C28H26ClF6N3O2/c1-26(2,16-10-17(27(30,31)32)12-18(11-16)28(33,34)35)25(40)37(3)23-14-36-24(38-9-8-19(39)15-38)13-21(23)20-6-4-5-7-22(20)29/h4-7,10-14,19,39H,8-9,15H2,1-3H3. The highest BCUT2D eigenvalue weighted by Gasteiger charge is 2.41. The highest BCUT2D eigenvalue weighted by atomic mass is 35.5. The van der Waals surface area contributed by atoms with E-state index in [2.05, 4.69) is 4.98 Å². The minimum Gasteiger partial charge on any atom is -0.391 e. The van der Waals surface area contributed by atoms with Gasteiger partial charge in [0.15, 0.2) is 0 Å². The molecule has 1 aliphatic rings. The van der Waals surface area contributed by atoms with Gasteiger partial charge in [0.25, 0.3) is 0 Å². The lowest BCUT2D eigenvalue weighted by Gasteiger charge is -2.32. The average Bonchev–Trinajstić information content (AvgIpc) is 3.32. The van der Waals surface area contributed by atoms with Crippen LogP contribution in [0.25, 0.3) is 11.1 Å². The van der Waals surface area contributed by atoms with Crippen LogP contribution in [0.15, 0.2) is 54.7 Å². The molecule has 5 nitrogen and oxygen atoms in total. The fourth-order valence-corrected chi connectivity index (χ4v) is 4.93. The molecule has 2 heterocycles. The zero-order valence-corrected chi connectivity index (χ0v) is 22.5. The third-order valence-corrected chi connectivity index (χ3v) is 7.36. The third kappa shape index (κ3) is 5.90. The number of aromatic nitrogens is 1. The summed E-state index contributed by atoms with van der Waals surface area (Å²) in [6.07, 6.45) is -8.68. The number of carbonyl (C=O) groups excluding carboxylic acids is 1. The Kier molecular flexibility index (Phi) is 7.85. The first kappa shape index (κ1) is 29.7. The molecular weight excluding hydrogens is 560 g/mol. The van der Waals surface area contributed by atoms with E-state index in [9.17, 15) is 36.2 Å². The van der Waals surface area contributed by atoms with Gasteiger partial charge in [-0.05, 0) is 56.2 Å². The summed E-state index contributed by atoms with van der Waals surface area (Å²) in [6.45, 7) is 3.44. The van der Waals surface area contributed by atoms with Gasteiger partial charge in [-0.1, -0.05) is 29.8 Å². The van der Waals surface area contributed by atoms with Crippen molar-refractivity contribution in [2.75, 3.05) is 29.9 Å². The molecule has 1 aliphatic heterocycles. The molecule has 4 rings (SSSR count). The summed E-state index contributed by atoms with van der Waals surface area (Å²) in [4.78, 5) is 21.3. The Labute approximate surface area is 232 Å². The van der Waals surface area contributed by atoms with Crippen LogP contribution in [0.4, 0.5) is 37.8 Å². The van der Waals surface area contributed by atoms with Gasteiger partial charge >= 0.3 is 12.4 Å². The van der Waals surface area contributed by atoms with E-state index in [1.165, 1.54) is 27.1 Å². The van der Waals surface area contributed by atoms with Crippen LogP contribution in [-0.2, 0) is 22.6 Å². The number of aliphatic hydroxyl groups excluding tert-OH is 1. The lowest BCUT2D eigenvalue weighted by Crippen LogP contribution is -2.42. The Hall–Kier alpha value is -3.31. The molecule has 1 atom stereocenters. The van der Waals surface area contributed by atoms with Crippen molar-refractivity contribution < 1.29 is 36.2 Å². The molecular formula is C28H26ClF6N3O2. The predicted octanol–water partition coefficient (Wildman–Crippen LogP) is 6.95.